The fourth-order valence-corrected chi connectivity index (χ4v) is 3.68. The number of hydrogen-bond donors (Lipinski definition) is 1. The molecule has 1 N–H and O–H groups in total. The summed E-state index contributed by atoms with van der Waals surface area (Å²) in [6.45, 7) is 5.66. The second-order valence-corrected chi connectivity index (χ2v) is 7.55. The quantitative estimate of drug-likeness (QED) is 0.745. The van der Waals surface area contributed by atoms with Crippen LogP contribution in [-0.2, 0) is 24.3 Å². The van der Waals surface area contributed by atoms with Gasteiger partial charge in [0, 0.05) is 38.3 Å². The molecule has 148 valence electrons. The second kappa shape index (κ2) is 7.91. The topological polar surface area (TPSA) is 67.2 Å². The van der Waals surface area contributed by atoms with Crippen molar-refractivity contribution in [1.82, 2.24) is 14.5 Å². The number of anilines is 1. The zero-order valence-electron chi connectivity index (χ0n) is 16.7. The molecule has 4 rings (SSSR count). The lowest BCUT2D eigenvalue weighted by Crippen LogP contribution is -2.34. The smallest absolute Gasteiger partial charge is 0.256 e. The summed E-state index contributed by atoms with van der Waals surface area (Å²) in [5.74, 6) is 0.435. The maximum Gasteiger partial charge on any atom is 0.256 e. The number of aromatic nitrogens is 2. The predicted octanol–water partition coefficient (Wildman–Crippen LogP) is 3.40. The standard InChI is InChI=1S/C23H24N4O2/c1-16-4-3-5-18(10-16)12-26-14-22(24-15-26)25-23(29)20-6-7-21-13-27(17(2)28)9-8-19(21)11-20/h3-7,10-11,14-15H,8-9,12-13H2,1-2H3,(H,25,29). The van der Waals surface area contributed by atoms with Crippen LogP contribution in [0.5, 0.6) is 0 Å². The number of carbonyl (C=O) groups is 2. The Morgan fingerprint density at radius 1 is 1.14 bits per heavy atom. The van der Waals surface area contributed by atoms with E-state index < -0.39 is 0 Å². The Hall–Kier alpha value is -3.41. The maximum atomic E-state index is 12.7. The van der Waals surface area contributed by atoms with Crippen LogP contribution in [0.25, 0.3) is 0 Å². The first-order valence-corrected chi connectivity index (χ1v) is 9.74. The van der Waals surface area contributed by atoms with Gasteiger partial charge in [0.25, 0.3) is 5.91 Å². The molecule has 1 aliphatic rings. The predicted molar refractivity (Wildman–Crippen MR) is 112 cm³/mol. The van der Waals surface area contributed by atoms with E-state index in [9.17, 15) is 9.59 Å². The minimum atomic E-state index is -0.178. The van der Waals surface area contributed by atoms with Crippen molar-refractivity contribution < 1.29 is 9.59 Å². The first kappa shape index (κ1) is 18.9. The number of imidazole rings is 1. The summed E-state index contributed by atoms with van der Waals surface area (Å²) in [5, 5.41) is 2.87. The number of nitrogens with one attached hydrogen (secondary N) is 1. The summed E-state index contributed by atoms with van der Waals surface area (Å²) in [7, 11) is 0. The van der Waals surface area contributed by atoms with Crippen molar-refractivity contribution >= 4 is 17.6 Å². The molecule has 2 heterocycles. The van der Waals surface area contributed by atoms with Crippen molar-refractivity contribution in [2.24, 2.45) is 0 Å². The average Bonchev–Trinajstić information content (AvgIpc) is 3.13. The molecule has 2 amide bonds. The number of benzene rings is 2. The van der Waals surface area contributed by atoms with E-state index >= 15 is 0 Å². The zero-order chi connectivity index (χ0) is 20.4. The Balaban J connectivity index is 1.42. The highest BCUT2D eigenvalue weighted by molar-refractivity contribution is 6.03. The largest absolute Gasteiger partial charge is 0.338 e. The van der Waals surface area contributed by atoms with Gasteiger partial charge in [0.05, 0.1) is 6.33 Å². The van der Waals surface area contributed by atoms with Crippen molar-refractivity contribution in [2.75, 3.05) is 11.9 Å². The van der Waals surface area contributed by atoms with Crippen LogP contribution in [0, 0.1) is 6.92 Å². The summed E-state index contributed by atoms with van der Waals surface area (Å²) < 4.78 is 1.95. The molecule has 1 aliphatic heterocycles. The highest BCUT2D eigenvalue weighted by Gasteiger charge is 2.19. The van der Waals surface area contributed by atoms with Gasteiger partial charge < -0.3 is 14.8 Å². The fraction of sp³-hybridized carbons (Fsp3) is 0.261. The van der Waals surface area contributed by atoms with E-state index in [4.69, 9.17) is 0 Å². The second-order valence-electron chi connectivity index (χ2n) is 7.55. The summed E-state index contributed by atoms with van der Waals surface area (Å²) in [5.41, 5.74) is 5.24. The van der Waals surface area contributed by atoms with Crippen molar-refractivity contribution in [1.29, 1.82) is 0 Å². The van der Waals surface area contributed by atoms with E-state index in [1.165, 1.54) is 11.1 Å². The number of amides is 2. The Labute approximate surface area is 170 Å². The van der Waals surface area contributed by atoms with Crippen molar-refractivity contribution in [3.63, 3.8) is 0 Å². The Morgan fingerprint density at radius 2 is 2.00 bits per heavy atom. The molecular formula is C23H24N4O2. The molecule has 2 aromatic carbocycles. The number of aryl methyl sites for hydroxylation is 1. The van der Waals surface area contributed by atoms with Crippen LogP contribution >= 0.6 is 0 Å². The summed E-state index contributed by atoms with van der Waals surface area (Å²) >= 11 is 0. The van der Waals surface area contributed by atoms with Crippen LogP contribution in [0.3, 0.4) is 0 Å². The molecule has 1 aromatic heterocycles. The van der Waals surface area contributed by atoms with Crippen LogP contribution in [-0.4, -0.2) is 32.8 Å². The van der Waals surface area contributed by atoms with Crippen LogP contribution in [0.15, 0.2) is 55.0 Å². The summed E-state index contributed by atoms with van der Waals surface area (Å²) in [6, 6.07) is 14.0. The lowest BCUT2D eigenvalue weighted by Gasteiger charge is -2.28. The van der Waals surface area contributed by atoms with Gasteiger partial charge in [-0.05, 0) is 42.2 Å². The molecule has 6 heteroatoms. The van der Waals surface area contributed by atoms with Crippen LogP contribution in [0.4, 0.5) is 5.82 Å². The lowest BCUT2D eigenvalue weighted by atomic mass is 9.97. The normalized spacial score (nSPS) is 13.1. The van der Waals surface area contributed by atoms with Gasteiger partial charge >= 0.3 is 0 Å². The molecule has 0 unspecified atom stereocenters. The highest BCUT2D eigenvalue weighted by Crippen LogP contribution is 2.21. The van der Waals surface area contributed by atoms with Gasteiger partial charge in [-0.15, -0.1) is 0 Å². The number of nitrogens with zero attached hydrogens (tertiary/aromatic N) is 3. The molecule has 3 aromatic rings. The third-order valence-electron chi connectivity index (χ3n) is 5.25. The molecule has 0 saturated heterocycles. The third kappa shape index (κ3) is 4.37. The van der Waals surface area contributed by atoms with Crippen molar-refractivity contribution in [3.05, 3.63) is 82.8 Å². The first-order valence-electron chi connectivity index (χ1n) is 9.74. The molecule has 0 bridgehead atoms. The highest BCUT2D eigenvalue weighted by atomic mass is 16.2. The molecule has 0 radical (unpaired) electrons. The molecule has 0 fully saturated rings. The molecule has 6 nitrogen and oxygen atoms in total. The van der Waals surface area contributed by atoms with Crippen molar-refractivity contribution in [2.45, 2.75) is 33.4 Å². The van der Waals surface area contributed by atoms with E-state index in [2.05, 4.69) is 35.4 Å². The summed E-state index contributed by atoms with van der Waals surface area (Å²) in [4.78, 5) is 30.4. The maximum absolute atomic E-state index is 12.7. The van der Waals surface area contributed by atoms with E-state index in [1.54, 1.807) is 13.3 Å². The number of hydrogen-bond acceptors (Lipinski definition) is 3. The van der Waals surface area contributed by atoms with E-state index in [0.717, 1.165) is 17.5 Å². The molecule has 0 atom stereocenters. The number of fused-ring (bicyclic) bond motifs is 1. The average molecular weight is 388 g/mol. The van der Waals surface area contributed by atoms with Gasteiger partial charge in [0.15, 0.2) is 5.82 Å². The third-order valence-corrected chi connectivity index (χ3v) is 5.25. The SMILES string of the molecule is CC(=O)N1CCc2cc(C(=O)Nc3cn(Cc4cccc(C)c4)cn3)ccc2C1. The van der Waals surface area contributed by atoms with Gasteiger partial charge in [0.2, 0.25) is 5.91 Å². The fourth-order valence-electron chi connectivity index (χ4n) is 3.68. The van der Waals surface area contributed by atoms with Gasteiger partial charge in [-0.1, -0.05) is 35.9 Å². The molecule has 29 heavy (non-hydrogen) atoms. The Bertz CT molecular complexity index is 1070. The van der Waals surface area contributed by atoms with Crippen LogP contribution < -0.4 is 5.32 Å². The Kier molecular flexibility index (Phi) is 5.16. The molecule has 0 spiro atoms. The minimum Gasteiger partial charge on any atom is -0.338 e. The molecule has 0 aliphatic carbocycles. The van der Waals surface area contributed by atoms with Gasteiger partial charge in [-0.25, -0.2) is 4.98 Å². The first-order chi connectivity index (χ1) is 14.0. The summed E-state index contributed by atoms with van der Waals surface area (Å²) in [6.07, 6.45) is 4.33. The van der Waals surface area contributed by atoms with Gasteiger partial charge in [-0.3, -0.25) is 9.59 Å². The lowest BCUT2D eigenvalue weighted by molar-refractivity contribution is -0.129. The monoisotopic (exact) mass is 388 g/mol. The van der Waals surface area contributed by atoms with Gasteiger partial charge in [0.1, 0.15) is 0 Å². The van der Waals surface area contributed by atoms with Crippen LogP contribution in [0.2, 0.25) is 0 Å². The molecule has 0 saturated carbocycles. The minimum absolute atomic E-state index is 0.0821. The van der Waals surface area contributed by atoms with Crippen LogP contribution in [0.1, 0.15) is 39.5 Å². The van der Waals surface area contributed by atoms with Gasteiger partial charge in [-0.2, -0.15) is 0 Å². The number of rotatable bonds is 4. The van der Waals surface area contributed by atoms with E-state index in [1.807, 2.05) is 39.9 Å². The molecular weight excluding hydrogens is 364 g/mol. The Morgan fingerprint density at radius 3 is 2.79 bits per heavy atom. The van der Waals surface area contributed by atoms with Crippen molar-refractivity contribution in [3.8, 4) is 0 Å². The zero-order valence-corrected chi connectivity index (χ0v) is 16.7. The van der Waals surface area contributed by atoms with E-state index in [0.29, 0.717) is 31.0 Å². The van der Waals surface area contributed by atoms with E-state index in [-0.39, 0.29) is 11.8 Å². The number of carbonyl (C=O) groups excluding carboxylic acids is 2.